The summed E-state index contributed by atoms with van der Waals surface area (Å²) in [6, 6.07) is 13.2. The normalized spacial score (nSPS) is 15.9. The van der Waals surface area contributed by atoms with Crippen molar-refractivity contribution in [3.05, 3.63) is 59.9 Å². The van der Waals surface area contributed by atoms with E-state index in [-0.39, 0.29) is 24.1 Å². The first-order chi connectivity index (χ1) is 11.6. The summed E-state index contributed by atoms with van der Waals surface area (Å²) >= 11 is 0. The number of para-hydroxylation sites is 2. The molecule has 124 valence electrons. The van der Waals surface area contributed by atoms with Gasteiger partial charge in [0.25, 0.3) is 5.91 Å². The standard InChI is InChI=1S/C18H17FN2O3/c19-13-7-5-12(6-8-13)9-10-20-17(22)11-16-18(23)21-14-3-1-2-4-15(14)24-16/h1-8,16H,9-11H2,(H,20,22)(H,21,23)/t16-/m1/s1. The van der Waals surface area contributed by atoms with Crippen LogP contribution in [0, 0.1) is 5.82 Å². The van der Waals surface area contributed by atoms with E-state index in [0.29, 0.717) is 24.4 Å². The van der Waals surface area contributed by atoms with E-state index in [1.165, 1.54) is 12.1 Å². The van der Waals surface area contributed by atoms with Gasteiger partial charge in [-0.15, -0.1) is 0 Å². The molecule has 2 amide bonds. The van der Waals surface area contributed by atoms with Gasteiger partial charge in [-0.1, -0.05) is 24.3 Å². The van der Waals surface area contributed by atoms with Crippen molar-refractivity contribution in [1.82, 2.24) is 5.32 Å². The number of hydrogen-bond acceptors (Lipinski definition) is 3. The second-order valence-electron chi connectivity index (χ2n) is 5.52. The van der Waals surface area contributed by atoms with Crippen molar-refractivity contribution in [3.8, 4) is 5.75 Å². The van der Waals surface area contributed by atoms with Gasteiger partial charge in [0, 0.05) is 6.54 Å². The fourth-order valence-corrected chi connectivity index (χ4v) is 2.46. The van der Waals surface area contributed by atoms with E-state index in [4.69, 9.17) is 4.74 Å². The van der Waals surface area contributed by atoms with Gasteiger partial charge in [0.15, 0.2) is 6.10 Å². The van der Waals surface area contributed by atoms with E-state index < -0.39 is 6.10 Å². The van der Waals surface area contributed by atoms with Crippen LogP contribution in [0.15, 0.2) is 48.5 Å². The molecule has 0 radical (unpaired) electrons. The average Bonchev–Trinajstić information content (AvgIpc) is 2.57. The minimum absolute atomic E-state index is 0.0520. The molecule has 1 heterocycles. The second-order valence-corrected chi connectivity index (χ2v) is 5.52. The molecule has 1 atom stereocenters. The molecule has 2 aromatic carbocycles. The maximum absolute atomic E-state index is 12.8. The van der Waals surface area contributed by atoms with E-state index >= 15 is 0 Å². The molecule has 2 aromatic rings. The van der Waals surface area contributed by atoms with Gasteiger partial charge in [0.05, 0.1) is 12.1 Å². The molecule has 0 saturated carbocycles. The van der Waals surface area contributed by atoms with Crippen molar-refractivity contribution in [3.63, 3.8) is 0 Å². The van der Waals surface area contributed by atoms with Crippen LogP contribution in [-0.2, 0) is 16.0 Å². The fraction of sp³-hybridized carbons (Fsp3) is 0.222. The van der Waals surface area contributed by atoms with E-state index in [1.807, 2.05) is 0 Å². The van der Waals surface area contributed by atoms with Crippen LogP contribution in [0.5, 0.6) is 5.75 Å². The molecule has 0 aliphatic carbocycles. The number of carbonyl (C=O) groups excluding carboxylic acids is 2. The molecule has 1 aliphatic heterocycles. The third-order valence-corrected chi connectivity index (χ3v) is 3.73. The van der Waals surface area contributed by atoms with Crippen LogP contribution in [0.2, 0.25) is 0 Å². The fourth-order valence-electron chi connectivity index (χ4n) is 2.46. The van der Waals surface area contributed by atoms with Gasteiger partial charge in [-0.25, -0.2) is 4.39 Å². The van der Waals surface area contributed by atoms with Gasteiger partial charge in [0.2, 0.25) is 5.91 Å². The number of fused-ring (bicyclic) bond motifs is 1. The van der Waals surface area contributed by atoms with Gasteiger partial charge in [-0.3, -0.25) is 9.59 Å². The molecule has 0 fully saturated rings. The molecular weight excluding hydrogens is 311 g/mol. The molecule has 24 heavy (non-hydrogen) atoms. The molecule has 0 unspecified atom stereocenters. The lowest BCUT2D eigenvalue weighted by Gasteiger charge is -2.25. The van der Waals surface area contributed by atoms with Crippen LogP contribution in [0.4, 0.5) is 10.1 Å². The van der Waals surface area contributed by atoms with Crippen molar-refractivity contribution in [2.45, 2.75) is 18.9 Å². The van der Waals surface area contributed by atoms with Crippen molar-refractivity contribution in [2.24, 2.45) is 0 Å². The summed E-state index contributed by atoms with van der Waals surface area (Å²) in [5, 5.41) is 5.47. The summed E-state index contributed by atoms with van der Waals surface area (Å²) in [7, 11) is 0. The molecule has 0 aromatic heterocycles. The number of hydrogen-bond donors (Lipinski definition) is 2. The largest absolute Gasteiger partial charge is 0.478 e. The third-order valence-electron chi connectivity index (χ3n) is 3.73. The molecule has 5 nitrogen and oxygen atoms in total. The van der Waals surface area contributed by atoms with E-state index in [1.54, 1.807) is 36.4 Å². The monoisotopic (exact) mass is 328 g/mol. The van der Waals surface area contributed by atoms with Crippen LogP contribution in [0.25, 0.3) is 0 Å². The van der Waals surface area contributed by atoms with Crippen LogP contribution >= 0.6 is 0 Å². The van der Waals surface area contributed by atoms with Crippen LogP contribution < -0.4 is 15.4 Å². The quantitative estimate of drug-likeness (QED) is 0.885. The highest BCUT2D eigenvalue weighted by atomic mass is 19.1. The Hall–Kier alpha value is -2.89. The predicted molar refractivity (Wildman–Crippen MR) is 87.2 cm³/mol. The second kappa shape index (κ2) is 7.12. The Morgan fingerprint density at radius 1 is 1.17 bits per heavy atom. The Labute approximate surface area is 138 Å². The van der Waals surface area contributed by atoms with Crippen LogP contribution in [-0.4, -0.2) is 24.5 Å². The predicted octanol–water partition coefficient (Wildman–Crippen LogP) is 2.27. The summed E-state index contributed by atoms with van der Waals surface area (Å²) in [6.07, 6.45) is -0.304. The Bertz CT molecular complexity index is 746. The molecule has 0 spiro atoms. The summed E-state index contributed by atoms with van der Waals surface area (Å²) in [5.74, 6) is -0.330. The lowest BCUT2D eigenvalue weighted by molar-refractivity contribution is -0.130. The van der Waals surface area contributed by atoms with Gasteiger partial charge in [0.1, 0.15) is 11.6 Å². The van der Waals surface area contributed by atoms with Crippen molar-refractivity contribution < 1.29 is 18.7 Å². The Morgan fingerprint density at radius 3 is 2.71 bits per heavy atom. The number of amides is 2. The summed E-state index contributed by atoms with van der Waals surface area (Å²) in [6.45, 7) is 0.412. The van der Waals surface area contributed by atoms with Gasteiger partial charge in [-0.2, -0.15) is 0 Å². The third kappa shape index (κ3) is 3.90. The number of carbonyl (C=O) groups is 2. The number of rotatable bonds is 5. The van der Waals surface area contributed by atoms with E-state index in [2.05, 4.69) is 10.6 Å². The number of anilines is 1. The van der Waals surface area contributed by atoms with Gasteiger partial charge in [-0.05, 0) is 36.2 Å². The number of halogens is 1. The smallest absolute Gasteiger partial charge is 0.266 e. The molecule has 2 N–H and O–H groups in total. The zero-order valence-electron chi connectivity index (χ0n) is 12.9. The number of benzene rings is 2. The molecule has 1 aliphatic rings. The van der Waals surface area contributed by atoms with Crippen LogP contribution in [0.1, 0.15) is 12.0 Å². The van der Waals surface area contributed by atoms with E-state index in [0.717, 1.165) is 5.56 Å². The maximum Gasteiger partial charge on any atom is 0.266 e. The molecular formula is C18H17FN2O3. The first-order valence-electron chi connectivity index (χ1n) is 7.69. The molecule has 0 bridgehead atoms. The first-order valence-corrected chi connectivity index (χ1v) is 7.69. The highest BCUT2D eigenvalue weighted by molar-refractivity contribution is 5.99. The first kappa shape index (κ1) is 16.0. The SMILES string of the molecule is O=C(C[C@H]1Oc2ccccc2NC1=O)NCCc1ccc(F)cc1. The lowest BCUT2D eigenvalue weighted by Crippen LogP contribution is -2.41. The van der Waals surface area contributed by atoms with Gasteiger partial charge >= 0.3 is 0 Å². The zero-order chi connectivity index (χ0) is 16.9. The number of nitrogens with one attached hydrogen (secondary N) is 2. The molecule has 6 heteroatoms. The topological polar surface area (TPSA) is 67.4 Å². The highest BCUT2D eigenvalue weighted by Crippen LogP contribution is 2.29. The summed E-state index contributed by atoms with van der Waals surface area (Å²) in [5.41, 5.74) is 1.53. The minimum Gasteiger partial charge on any atom is -0.478 e. The Morgan fingerprint density at radius 2 is 1.92 bits per heavy atom. The molecule has 3 rings (SSSR count). The van der Waals surface area contributed by atoms with Gasteiger partial charge < -0.3 is 15.4 Å². The minimum atomic E-state index is -0.842. The van der Waals surface area contributed by atoms with Crippen molar-refractivity contribution in [1.29, 1.82) is 0 Å². The lowest BCUT2D eigenvalue weighted by atomic mass is 10.1. The van der Waals surface area contributed by atoms with Crippen LogP contribution in [0.3, 0.4) is 0 Å². The summed E-state index contributed by atoms with van der Waals surface area (Å²) < 4.78 is 18.4. The molecule has 0 saturated heterocycles. The Balaban J connectivity index is 1.48. The number of ether oxygens (including phenoxy) is 1. The summed E-state index contributed by atoms with van der Waals surface area (Å²) in [4.78, 5) is 24.0. The average molecular weight is 328 g/mol. The highest BCUT2D eigenvalue weighted by Gasteiger charge is 2.29. The Kier molecular flexibility index (Phi) is 4.74. The van der Waals surface area contributed by atoms with E-state index in [9.17, 15) is 14.0 Å². The van der Waals surface area contributed by atoms with Crippen molar-refractivity contribution in [2.75, 3.05) is 11.9 Å². The zero-order valence-corrected chi connectivity index (χ0v) is 12.9. The maximum atomic E-state index is 12.8. The van der Waals surface area contributed by atoms with Crippen molar-refractivity contribution >= 4 is 17.5 Å².